The molecule has 0 aromatic heterocycles. The van der Waals surface area contributed by atoms with Gasteiger partial charge >= 0.3 is 0 Å². The lowest BCUT2D eigenvalue weighted by molar-refractivity contribution is 0.195. The van der Waals surface area contributed by atoms with Gasteiger partial charge < -0.3 is 10.1 Å². The quantitative estimate of drug-likeness (QED) is 0.391. The van der Waals surface area contributed by atoms with Crippen molar-refractivity contribution in [2.45, 2.75) is 25.6 Å². The topological polar surface area (TPSA) is 21.3 Å². The Morgan fingerprint density at radius 2 is 2.23 bits per heavy atom. The van der Waals surface area contributed by atoms with Crippen molar-refractivity contribution in [3.63, 3.8) is 0 Å². The Balaban J connectivity index is 3.20. The van der Waals surface area contributed by atoms with Crippen LogP contribution in [-0.4, -0.2) is 32.2 Å². The average Bonchev–Trinajstić information content (AvgIpc) is 2.03. The van der Waals surface area contributed by atoms with Crippen LogP contribution in [0.1, 0.15) is 20.3 Å². The van der Waals surface area contributed by atoms with Crippen molar-refractivity contribution in [2.75, 3.05) is 26.8 Å². The summed E-state index contributed by atoms with van der Waals surface area (Å²) < 4.78 is 4.93. The maximum Gasteiger partial charge on any atom is 0.0626 e. The number of methoxy groups -OCH3 is 1. The second-order valence-corrected chi connectivity index (χ2v) is 3.94. The monoisotopic (exact) mass is 205 g/mol. The number of halogens is 1. The summed E-state index contributed by atoms with van der Waals surface area (Å²) in [5.74, 6) is 0. The van der Waals surface area contributed by atoms with E-state index >= 15 is 0 Å². The molecule has 0 aromatic rings. The zero-order chi connectivity index (χ0) is 10.1. The molecule has 0 spiro atoms. The second-order valence-electron chi connectivity index (χ2n) is 3.33. The summed E-state index contributed by atoms with van der Waals surface area (Å²) in [6.45, 7) is 6.69. The molecule has 0 amide bonds. The van der Waals surface area contributed by atoms with Crippen LogP contribution in [0.2, 0.25) is 0 Å². The number of hydrogen-bond donors (Lipinski definition) is 1. The first kappa shape index (κ1) is 12.9. The van der Waals surface area contributed by atoms with Gasteiger partial charge in [0.25, 0.3) is 0 Å². The van der Waals surface area contributed by atoms with E-state index in [1.165, 1.54) is 5.57 Å². The summed E-state index contributed by atoms with van der Waals surface area (Å²) in [4.78, 5) is 0. The van der Waals surface area contributed by atoms with Gasteiger partial charge in [-0.25, -0.2) is 0 Å². The first-order chi connectivity index (χ1) is 6.16. The third kappa shape index (κ3) is 9.87. The highest BCUT2D eigenvalue weighted by atomic mass is 35.5. The van der Waals surface area contributed by atoms with E-state index in [-0.39, 0.29) is 5.38 Å². The molecule has 0 rings (SSSR count). The molecule has 0 fully saturated rings. The predicted molar refractivity (Wildman–Crippen MR) is 58.4 cm³/mol. The Labute approximate surface area is 86.3 Å². The Morgan fingerprint density at radius 1 is 1.54 bits per heavy atom. The van der Waals surface area contributed by atoms with Gasteiger partial charge in [-0.2, -0.15) is 0 Å². The third-order valence-electron chi connectivity index (χ3n) is 1.64. The molecule has 0 aliphatic carbocycles. The highest BCUT2D eigenvalue weighted by Crippen LogP contribution is 2.00. The van der Waals surface area contributed by atoms with Gasteiger partial charge in [0.15, 0.2) is 0 Å². The summed E-state index contributed by atoms with van der Waals surface area (Å²) in [6.07, 6.45) is 3.12. The molecule has 0 radical (unpaired) electrons. The maximum atomic E-state index is 5.94. The largest absolute Gasteiger partial charge is 0.383 e. The van der Waals surface area contributed by atoms with E-state index in [1.807, 2.05) is 0 Å². The highest BCUT2D eigenvalue weighted by Gasteiger charge is 2.01. The molecule has 1 unspecified atom stereocenters. The molecule has 78 valence electrons. The van der Waals surface area contributed by atoms with Gasteiger partial charge in [-0.3, -0.25) is 0 Å². The van der Waals surface area contributed by atoms with Crippen LogP contribution in [0.25, 0.3) is 0 Å². The van der Waals surface area contributed by atoms with Crippen LogP contribution < -0.4 is 5.32 Å². The summed E-state index contributed by atoms with van der Waals surface area (Å²) >= 11 is 5.94. The van der Waals surface area contributed by atoms with Gasteiger partial charge in [0.2, 0.25) is 0 Å². The Hall–Kier alpha value is -0.0500. The molecule has 0 heterocycles. The van der Waals surface area contributed by atoms with Crippen LogP contribution in [0.4, 0.5) is 0 Å². The first-order valence-corrected chi connectivity index (χ1v) is 5.07. The van der Waals surface area contributed by atoms with E-state index in [0.717, 1.165) is 19.5 Å². The minimum absolute atomic E-state index is 0.129. The fourth-order valence-electron chi connectivity index (χ4n) is 0.901. The summed E-state index contributed by atoms with van der Waals surface area (Å²) in [7, 11) is 1.67. The van der Waals surface area contributed by atoms with Crippen LogP contribution in [0.15, 0.2) is 11.6 Å². The van der Waals surface area contributed by atoms with E-state index in [2.05, 4.69) is 25.2 Å². The van der Waals surface area contributed by atoms with Crippen LogP contribution >= 0.6 is 11.6 Å². The van der Waals surface area contributed by atoms with Gasteiger partial charge in [0.05, 0.1) is 12.0 Å². The van der Waals surface area contributed by atoms with E-state index in [1.54, 1.807) is 7.11 Å². The lowest BCUT2D eigenvalue weighted by Crippen LogP contribution is -2.20. The fraction of sp³-hybridized carbons (Fsp3) is 0.800. The predicted octanol–water partition coefficient (Wildman–Crippen LogP) is 2.19. The van der Waals surface area contributed by atoms with E-state index in [4.69, 9.17) is 16.3 Å². The maximum absolute atomic E-state index is 5.94. The number of alkyl halides is 1. The molecular formula is C10H20ClNO. The molecule has 0 saturated carbocycles. The van der Waals surface area contributed by atoms with Crippen molar-refractivity contribution in [1.29, 1.82) is 0 Å². The second kappa shape index (κ2) is 8.54. The number of rotatable bonds is 7. The molecular weight excluding hydrogens is 186 g/mol. The highest BCUT2D eigenvalue weighted by molar-refractivity contribution is 6.20. The van der Waals surface area contributed by atoms with Crippen LogP contribution in [0.5, 0.6) is 0 Å². The van der Waals surface area contributed by atoms with Crippen molar-refractivity contribution >= 4 is 11.6 Å². The minimum atomic E-state index is 0.129. The fourth-order valence-corrected chi connectivity index (χ4v) is 1.14. The Morgan fingerprint density at radius 3 is 2.77 bits per heavy atom. The van der Waals surface area contributed by atoms with Gasteiger partial charge in [-0.15, -0.1) is 11.6 Å². The zero-order valence-corrected chi connectivity index (χ0v) is 9.53. The van der Waals surface area contributed by atoms with E-state index in [9.17, 15) is 0 Å². The van der Waals surface area contributed by atoms with Crippen molar-refractivity contribution < 1.29 is 4.74 Å². The van der Waals surface area contributed by atoms with Gasteiger partial charge in [0, 0.05) is 13.7 Å². The molecule has 3 heteroatoms. The normalized spacial score (nSPS) is 12.6. The summed E-state index contributed by atoms with van der Waals surface area (Å²) in [6, 6.07) is 0. The van der Waals surface area contributed by atoms with Gasteiger partial charge in [-0.05, 0) is 26.8 Å². The summed E-state index contributed by atoms with van der Waals surface area (Å²) in [5, 5.41) is 3.42. The standard InChI is InChI=1S/C10H20ClNO/c1-9(2)4-6-12-7-5-10(11)8-13-3/h4,10,12H,5-8H2,1-3H3. The molecule has 1 N–H and O–H groups in total. The number of ether oxygens (including phenoxy) is 1. The molecule has 1 atom stereocenters. The molecule has 13 heavy (non-hydrogen) atoms. The van der Waals surface area contributed by atoms with E-state index in [0.29, 0.717) is 6.61 Å². The lowest BCUT2D eigenvalue weighted by Gasteiger charge is -2.07. The number of allylic oxidation sites excluding steroid dienone is 1. The SMILES string of the molecule is COCC(Cl)CCNCC=C(C)C. The molecule has 0 aliphatic rings. The number of hydrogen-bond acceptors (Lipinski definition) is 2. The Bertz CT molecular complexity index is 144. The van der Waals surface area contributed by atoms with Gasteiger partial charge in [0.1, 0.15) is 0 Å². The lowest BCUT2D eigenvalue weighted by atomic mass is 10.3. The minimum Gasteiger partial charge on any atom is -0.383 e. The molecule has 0 saturated heterocycles. The molecule has 0 aromatic carbocycles. The average molecular weight is 206 g/mol. The third-order valence-corrected chi connectivity index (χ3v) is 1.98. The first-order valence-electron chi connectivity index (χ1n) is 4.64. The Kier molecular flexibility index (Phi) is 8.51. The molecule has 0 aliphatic heterocycles. The van der Waals surface area contributed by atoms with Crippen molar-refractivity contribution in [2.24, 2.45) is 0 Å². The van der Waals surface area contributed by atoms with Crippen molar-refractivity contribution in [1.82, 2.24) is 5.32 Å². The van der Waals surface area contributed by atoms with Crippen LogP contribution in [0, 0.1) is 0 Å². The van der Waals surface area contributed by atoms with Gasteiger partial charge in [-0.1, -0.05) is 11.6 Å². The van der Waals surface area contributed by atoms with E-state index < -0.39 is 0 Å². The summed E-state index contributed by atoms with van der Waals surface area (Å²) in [5.41, 5.74) is 1.34. The zero-order valence-electron chi connectivity index (χ0n) is 8.77. The molecule has 2 nitrogen and oxygen atoms in total. The molecule has 0 bridgehead atoms. The smallest absolute Gasteiger partial charge is 0.0626 e. The van der Waals surface area contributed by atoms with Crippen molar-refractivity contribution in [3.8, 4) is 0 Å². The van der Waals surface area contributed by atoms with Crippen LogP contribution in [-0.2, 0) is 4.74 Å². The van der Waals surface area contributed by atoms with Crippen LogP contribution in [0.3, 0.4) is 0 Å². The number of nitrogens with one attached hydrogen (secondary N) is 1. The van der Waals surface area contributed by atoms with Crippen molar-refractivity contribution in [3.05, 3.63) is 11.6 Å².